The highest BCUT2D eigenvalue weighted by Crippen LogP contribution is 2.10. The van der Waals surface area contributed by atoms with E-state index in [0.717, 1.165) is 18.6 Å². The van der Waals surface area contributed by atoms with Crippen LogP contribution in [0.1, 0.15) is 33.6 Å². The summed E-state index contributed by atoms with van der Waals surface area (Å²) in [7, 11) is 0. The van der Waals surface area contributed by atoms with E-state index in [4.69, 9.17) is 5.73 Å². The molecule has 0 bridgehead atoms. The molecule has 98 valence electrons. The van der Waals surface area contributed by atoms with Gasteiger partial charge < -0.3 is 11.1 Å². The van der Waals surface area contributed by atoms with E-state index in [9.17, 15) is 4.79 Å². The minimum Gasteiger partial charge on any atom is -0.354 e. The fourth-order valence-electron chi connectivity index (χ4n) is 1.26. The van der Waals surface area contributed by atoms with Crippen molar-refractivity contribution in [1.29, 1.82) is 0 Å². The minimum absolute atomic E-state index is 0. The summed E-state index contributed by atoms with van der Waals surface area (Å²) in [5.74, 6) is 1.04. The van der Waals surface area contributed by atoms with Crippen molar-refractivity contribution in [3.8, 4) is 0 Å². The van der Waals surface area contributed by atoms with Crippen molar-refractivity contribution in [3.05, 3.63) is 0 Å². The summed E-state index contributed by atoms with van der Waals surface area (Å²) in [6, 6.07) is 0. The van der Waals surface area contributed by atoms with Crippen molar-refractivity contribution in [2.75, 3.05) is 18.6 Å². The quantitative estimate of drug-likeness (QED) is 0.743. The zero-order valence-corrected chi connectivity index (χ0v) is 12.3. The lowest BCUT2D eigenvalue weighted by atomic mass is 9.94. The second-order valence-electron chi connectivity index (χ2n) is 4.14. The molecule has 0 spiro atoms. The molecule has 1 atom stereocenters. The Balaban J connectivity index is 0. The monoisotopic (exact) mass is 268 g/mol. The van der Waals surface area contributed by atoms with Crippen molar-refractivity contribution in [3.63, 3.8) is 0 Å². The van der Waals surface area contributed by atoms with Crippen LogP contribution in [-0.4, -0.2) is 30.0 Å². The van der Waals surface area contributed by atoms with E-state index in [1.165, 1.54) is 0 Å². The SMILES string of the molecule is CCC(N)(CC)CNC(=O)C(C)CSC.Cl. The van der Waals surface area contributed by atoms with Crippen LogP contribution in [0, 0.1) is 5.92 Å². The van der Waals surface area contributed by atoms with Gasteiger partial charge in [-0.3, -0.25) is 4.79 Å². The number of halogens is 1. The second kappa shape index (κ2) is 9.14. The number of nitrogens with one attached hydrogen (secondary N) is 1. The molecule has 0 rings (SSSR count). The summed E-state index contributed by atoms with van der Waals surface area (Å²) >= 11 is 1.69. The van der Waals surface area contributed by atoms with Crippen LogP contribution in [0.2, 0.25) is 0 Å². The molecule has 1 unspecified atom stereocenters. The molecule has 3 N–H and O–H groups in total. The Hall–Kier alpha value is 0.0700. The van der Waals surface area contributed by atoms with Crippen LogP contribution in [-0.2, 0) is 4.79 Å². The molecule has 0 saturated heterocycles. The molecule has 0 aliphatic carbocycles. The first-order valence-corrected chi connectivity index (χ1v) is 6.94. The number of hydrogen-bond donors (Lipinski definition) is 2. The Morgan fingerprint density at radius 2 is 1.94 bits per heavy atom. The normalized spacial score (nSPS) is 12.8. The molecule has 0 saturated carbocycles. The van der Waals surface area contributed by atoms with Crippen molar-refractivity contribution < 1.29 is 4.79 Å². The van der Waals surface area contributed by atoms with E-state index in [1.807, 2.05) is 13.2 Å². The van der Waals surface area contributed by atoms with Gasteiger partial charge in [0.25, 0.3) is 0 Å². The molecular formula is C11H25ClN2OS. The van der Waals surface area contributed by atoms with Crippen molar-refractivity contribution in [2.24, 2.45) is 11.7 Å². The van der Waals surface area contributed by atoms with Gasteiger partial charge in [0.05, 0.1) is 0 Å². The summed E-state index contributed by atoms with van der Waals surface area (Å²) in [5.41, 5.74) is 5.86. The van der Waals surface area contributed by atoms with Gasteiger partial charge in [-0.05, 0) is 19.1 Å². The van der Waals surface area contributed by atoms with E-state index in [0.29, 0.717) is 6.54 Å². The summed E-state index contributed by atoms with van der Waals surface area (Å²) in [6.07, 6.45) is 3.79. The third kappa shape index (κ3) is 6.61. The molecular weight excluding hydrogens is 244 g/mol. The average Bonchev–Trinajstić information content (AvgIpc) is 2.25. The first kappa shape index (κ1) is 18.4. The van der Waals surface area contributed by atoms with E-state index in [1.54, 1.807) is 11.8 Å². The molecule has 0 aromatic rings. The first-order valence-electron chi connectivity index (χ1n) is 5.54. The van der Waals surface area contributed by atoms with Gasteiger partial charge in [0.2, 0.25) is 5.91 Å². The lowest BCUT2D eigenvalue weighted by Crippen LogP contribution is -2.50. The number of amides is 1. The van der Waals surface area contributed by atoms with Gasteiger partial charge in [-0.15, -0.1) is 12.4 Å². The number of carbonyl (C=O) groups excluding carboxylic acids is 1. The van der Waals surface area contributed by atoms with Crippen LogP contribution < -0.4 is 11.1 Å². The predicted octanol–water partition coefficient (Wildman–Crippen LogP) is 2.04. The second-order valence-corrected chi connectivity index (χ2v) is 5.05. The highest BCUT2D eigenvalue weighted by molar-refractivity contribution is 7.98. The molecule has 16 heavy (non-hydrogen) atoms. The Morgan fingerprint density at radius 1 is 1.44 bits per heavy atom. The van der Waals surface area contributed by atoms with Gasteiger partial charge in [-0.1, -0.05) is 20.8 Å². The summed E-state index contributed by atoms with van der Waals surface area (Å²) in [6.45, 7) is 6.64. The van der Waals surface area contributed by atoms with Gasteiger partial charge in [-0.25, -0.2) is 0 Å². The van der Waals surface area contributed by atoms with Crippen molar-refractivity contribution >= 4 is 30.1 Å². The smallest absolute Gasteiger partial charge is 0.223 e. The molecule has 5 heteroatoms. The minimum atomic E-state index is -0.241. The average molecular weight is 269 g/mol. The van der Waals surface area contributed by atoms with Gasteiger partial charge in [0.1, 0.15) is 0 Å². The highest BCUT2D eigenvalue weighted by atomic mass is 35.5. The molecule has 0 aromatic carbocycles. The van der Waals surface area contributed by atoms with E-state index in [2.05, 4.69) is 19.2 Å². The fraction of sp³-hybridized carbons (Fsp3) is 0.909. The third-order valence-corrected chi connectivity index (χ3v) is 3.72. The summed E-state index contributed by atoms with van der Waals surface area (Å²) in [5, 5.41) is 2.93. The molecule has 0 aliphatic heterocycles. The number of hydrogen-bond acceptors (Lipinski definition) is 3. The Kier molecular flexibility index (Phi) is 10.5. The van der Waals surface area contributed by atoms with Crippen LogP contribution in [0.5, 0.6) is 0 Å². The standard InChI is InChI=1S/C11H24N2OS.ClH/c1-5-11(12,6-2)8-13-10(14)9(3)7-15-4;/h9H,5-8,12H2,1-4H3,(H,13,14);1H. The van der Waals surface area contributed by atoms with Gasteiger partial charge >= 0.3 is 0 Å². The van der Waals surface area contributed by atoms with E-state index < -0.39 is 0 Å². The zero-order valence-electron chi connectivity index (χ0n) is 10.7. The fourth-order valence-corrected chi connectivity index (χ4v) is 1.91. The summed E-state index contributed by atoms with van der Waals surface area (Å²) < 4.78 is 0. The van der Waals surface area contributed by atoms with Crippen LogP contribution in [0.3, 0.4) is 0 Å². The molecule has 0 heterocycles. The number of thioether (sulfide) groups is 1. The Bertz CT molecular complexity index is 198. The van der Waals surface area contributed by atoms with Gasteiger partial charge in [0, 0.05) is 23.8 Å². The van der Waals surface area contributed by atoms with Gasteiger partial charge in [-0.2, -0.15) is 11.8 Å². The molecule has 3 nitrogen and oxygen atoms in total. The molecule has 0 aliphatic rings. The van der Waals surface area contributed by atoms with Crippen molar-refractivity contribution in [2.45, 2.75) is 39.2 Å². The molecule has 0 fully saturated rings. The largest absolute Gasteiger partial charge is 0.354 e. The Labute approximate surface area is 110 Å². The predicted molar refractivity (Wildman–Crippen MR) is 75.3 cm³/mol. The topological polar surface area (TPSA) is 55.1 Å². The number of nitrogens with two attached hydrogens (primary N) is 1. The highest BCUT2D eigenvalue weighted by Gasteiger charge is 2.22. The molecule has 0 aromatic heterocycles. The van der Waals surface area contributed by atoms with Gasteiger partial charge in [0.15, 0.2) is 0 Å². The van der Waals surface area contributed by atoms with E-state index in [-0.39, 0.29) is 29.8 Å². The molecule has 0 radical (unpaired) electrons. The maximum absolute atomic E-state index is 11.6. The Morgan fingerprint density at radius 3 is 2.31 bits per heavy atom. The lowest BCUT2D eigenvalue weighted by Gasteiger charge is -2.27. The lowest BCUT2D eigenvalue weighted by molar-refractivity contribution is -0.124. The number of carbonyl (C=O) groups is 1. The zero-order chi connectivity index (χ0) is 11.9. The van der Waals surface area contributed by atoms with Crippen LogP contribution in [0.15, 0.2) is 0 Å². The van der Waals surface area contributed by atoms with Crippen LogP contribution >= 0.6 is 24.2 Å². The summed E-state index contributed by atoms with van der Waals surface area (Å²) in [4.78, 5) is 11.6. The van der Waals surface area contributed by atoms with Crippen LogP contribution in [0.4, 0.5) is 0 Å². The first-order chi connectivity index (χ1) is 6.99. The van der Waals surface area contributed by atoms with Crippen molar-refractivity contribution in [1.82, 2.24) is 5.32 Å². The number of rotatable bonds is 7. The maximum atomic E-state index is 11.6. The van der Waals surface area contributed by atoms with E-state index >= 15 is 0 Å². The maximum Gasteiger partial charge on any atom is 0.223 e. The van der Waals surface area contributed by atoms with Crippen LogP contribution in [0.25, 0.3) is 0 Å². The molecule has 1 amide bonds. The third-order valence-electron chi connectivity index (χ3n) is 2.89.